The van der Waals surface area contributed by atoms with Crippen LogP contribution in [0.5, 0.6) is 0 Å². The van der Waals surface area contributed by atoms with Gasteiger partial charge in [0.05, 0.1) is 5.02 Å². The second-order valence-corrected chi connectivity index (χ2v) is 9.33. The van der Waals surface area contributed by atoms with Crippen LogP contribution in [0.1, 0.15) is 46.6 Å². The lowest BCUT2D eigenvalue weighted by molar-refractivity contribution is 0.302. The van der Waals surface area contributed by atoms with Crippen LogP contribution in [0.25, 0.3) is 16.9 Å². The van der Waals surface area contributed by atoms with Crippen molar-refractivity contribution in [3.05, 3.63) is 53.2 Å². The fourth-order valence-corrected chi connectivity index (χ4v) is 4.08. The highest BCUT2D eigenvalue weighted by molar-refractivity contribution is 6.33. The summed E-state index contributed by atoms with van der Waals surface area (Å²) in [5, 5.41) is 4.47. The van der Waals surface area contributed by atoms with Gasteiger partial charge in [-0.1, -0.05) is 56.6 Å². The van der Waals surface area contributed by atoms with E-state index in [1.165, 1.54) is 0 Å². The quantitative estimate of drug-likeness (QED) is 0.562. The number of aryl methyl sites for hydroxylation is 1. The van der Waals surface area contributed by atoms with E-state index in [9.17, 15) is 0 Å². The molecule has 2 aromatic heterocycles. The molecule has 0 saturated heterocycles. The number of halogens is 1. The topological polar surface area (TPSA) is 29.3 Å². The van der Waals surface area contributed by atoms with Gasteiger partial charge >= 0.3 is 0 Å². The maximum atomic E-state index is 6.50. The average Bonchev–Trinajstić information content (AvgIpc) is 2.85. The molecule has 4 heteroatoms. The highest BCUT2D eigenvalue weighted by Crippen LogP contribution is 2.37. The minimum absolute atomic E-state index is 0.0893. The Bertz CT molecular complexity index is 932. The third-order valence-corrected chi connectivity index (χ3v) is 4.73. The summed E-state index contributed by atoms with van der Waals surface area (Å²) in [4.78, 5) is 4.94. The Morgan fingerprint density at radius 3 is 2.38 bits per heavy atom. The number of hydrogen-bond acceptors (Lipinski definition) is 2. The summed E-state index contributed by atoms with van der Waals surface area (Å²) in [6, 6.07) is 12.0. The van der Waals surface area contributed by atoms with Crippen molar-refractivity contribution in [2.45, 2.75) is 53.5 Å². The molecule has 0 spiro atoms. The number of hydrogen-bond donors (Lipinski definition) is 1. The van der Waals surface area contributed by atoms with E-state index in [0.717, 1.165) is 34.7 Å². The number of rotatable bonds is 4. The summed E-state index contributed by atoms with van der Waals surface area (Å²) < 4.78 is 2.14. The third kappa shape index (κ3) is 3.88. The van der Waals surface area contributed by atoms with Crippen molar-refractivity contribution in [3.63, 3.8) is 0 Å². The predicted octanol–water partition coefficient (Wildman–Crippen LogP) is 6.59. The number of aromatic nitrogens is 2. The molecule has 2 heterocycles. The molecule has 0 radical (unpaired) electrons. The zero-order valence-electron chi connectivity index (χ0n) is 16.5. The van der Waals surface area contributed by atoms with Crippen molar-refractivity contribution < 1.29 is 0 Å². The van der Waals surface area contributed by atoms with Gasteiger partial charge in [-0.25, -0.2) is 4.98 Å². The summed E-state index contributed by atoms with van der Waals surface area (Å²) in [6.07, 6.45) is 3.09. The Morgan fingerprint density at radius 2 is 1.73 bits per heavy atom. The fourth-order valence-electron chi connectivity index (χ4n) is 3.86. The van der Waals surface area contributed by atoms with Gasteiger partial charge in [-0.15, -0.1) is 0 Å². The van der Waals surface area contributed by atoms with Crippen molar-refractivity contribution in [2.24, 2.45) is 5.41 Å². The van der Waals surface area contributed by atoms with Crippen LogP contribution >= 0.6 is 11.6 Å². The van der Waals surface area contributed by atoms with E-state index in [0.29, 0.717) is 5.02 Å². The van der Waals surface area contributed by atoms with E-state index in [-0.39, 0.29) is 11.0 Å². The normalized spacial score (nSPS) is 12.6. The largest absolute Gasteiger partial charge is 0.364 e. The van der Waals surface area contributed by atoms with Crippen LogP contribution in [0.4, 0.5) is 5.82 Å². The van der Waals surface area contributed by atoms with Crippen LogP contribution in [-0.4, -0.2) is 14.9 Å². The maximum Gasteiger partial charge on any atom is 0.142 e. The molecule has 3 rings (SSSR count). The molecule has 0 atom stereocenters. The standard InChI is InChI=1S/C22H28ClN3/c1-15-10-9-13-26-19(15)24-18(16-11-7-8-12-17(16)23)20(26)25-22(5,6)14-21(2,3)4/h7-13,25H,14H2,1-6H3. The Kier molecular flexibility index (Phi) is 4.78. The van der Waals surface area contributed by atoms with Crippen LogP contribution in [0, 0.1) is 12.3 Å². The van der Waals surface area contributed by atoms with Gasteiger partial charge in [0.2, 0.25) is 0 Å². The number of fused-ring (bicyclic) bond motifs is 1. The van der Waals surface area contributed by atoms with Crippen LogP contribution in [-0.2, 0) is 0 Å². The first-order chi connectivity index (χ1) is 12.1. The van der Waals surface area contributed by atoms with E-state index in [4.69, 9.17) is 16.6 Å². The molecular formula is C22H28ClN3. The van der Waals surface area contributed by atoms with E-state index < -0.39 is 0 Å². The smallest absolute Gasteiger partial charge is 0.142 e. The lowest BCUT2D eigenvalue weighted by atomic mass is 9.82. The lowest BCUT2D eigenvalue weighted by Gasteiger charge is -2.34. The highest BCUT2D eigenvalue weighted by Gasteiger charge is 2.28. The van der Waals surface area contributed by atoms with Crippen LogP contribution in [0.3, 0.4) is 0 Å². The number of nitrogens with zero attached hydrogens (tertiary/aromatic N) is 2. The highest BCUT2D eigenvalue weighted by atomic mass is 35.5. The molecule has 0 bridgehead atoms. The number of anilines is 1. The fraction of sp³-hybridized carbons (Fsp3) is 0.409. The van der Waals surface area contributed by atoms with Gasteiger partial charge in [-0.05, 0) is 50.3 Å². The number of pyridine rings is 1. The van der Waals surface area contributed by atoms with Crippen molar-refractivity contribution >= 4 is 23.1 Å². The van der Waals surface area contributed by atoms with Gasteiger partial charge in [0.25, 0.3) is 0 Å². The van der Waals surface area contributed by atoms with Gasteiger partial charge in [-0.2, -0.15) is 0 Å². The Hall–Kier alpha value is -2.00. The van der Waals surface area contributed by atoms with Crippen molar-refractivity contribution in [1.82, 2.24) is 9.38 Å². The Balaban J connectivity index is 2.18. The van der Waals surface area contributed by atoms with E-state index in [1.54, 1.807) is 0 Å². The van der Waals surface area contributed by atoms with Crippen LogP contribution in [0.15, 0.2) is 42.6 Å². The van der Waals surface area contributed by atoms with Crippen LogP contribution < -0.4 is 5.32 Å². The molecular weight excluding hydrogens is 342 g/mol. The van der Waals surface area contributed by atoms with Crippen LogP contribution in [0.2, 0.25) is 5.02 Å². The van der Waals surface area contributed by atoms with Gasteiger partial charge < -0.3 is 5.32 Å². The van der Waals surface area contributed by atoms with Gasteiger partial charge in [0.1, 0.15) is 17.2 Å². The van der Waals surface area contributed by atoms with E-state index in [2.05, 4.69) is 69.6 Å². The molecule has 3 nitrogen and oxygen atoms in total. The third-order valence-electron chi connectivity index (χ3n) is 4.40. The molecule has 0 amide bonds. The second kappa shape index (κ2) is 6.62. The first kappa shape index (κ1) is 18.8. The average molecular weight is 370 g/mol. The van der Waals surface area contributed by atoms with E-state index in [1.807, 2.05) is 24.3 Å². The number of benzene rings is 1. The first-order valence-corrected chi connectivity index (χ1v) is 9.46. The summed E-state index contributed by atoms with van der Waals surface area (Å²) in [6.45, 7) is 13.4. The molecule has 26 heavy (non-hydrogen) atoms. The second-order valence-electron chi connectivity index (χ2n) is 8.92. The molecule has 1 N–H and O–H groups in total. The molecule has 1 aromatic carbocycles. The first-order valence-electron chi connectivity index (χ1n) is 9.08. The monoisotopic (exact) mass is 369 g/mol. The summed E-state index contributed by atoms with van der Waals surface area (Å²) >= 11 is 6.50. The SMILES string of the molecule is Cc1cccn2c(NC(C)(C)CC(C)(C)C)c(-c3ccccc3Cl)nc12. The molecule has 0 fully saturated rings. The minimum Gasteiger partial charge on any atom is -0.364 e. The van der Waals surface area contributed by atoms with Crippen molar-refractivity contribution in [1.29, 1.82) is 0 Å². The minimum atomic E-state index is -0.0893. The zero-order valence-corrected chi connectivity index (χ0v) is 17.3. The zero-order chi connectivity index (χ0) is 19.1. The summed E-state index contributed by atoms with van der Waals surface area (Å²) in [5.41, 5.74) is 4.07. The number of nitrogens with one attached hydrogen (secondary N) is 1. The number of imidazole rings is 1. The lowest BCUT2D eigenvalue weighted by Crippen LogP contribution is -2.36. The summed E-state index contributed by atoms with van der Waals surface area (Å²) in [5.74, 6) is 0.992. The van der Waals surface area contributed by atoms with Gasteiger partial charge in [0.15, 0.2) is 0 Å². The van der Waals surface area contributed by atoms with Gasteiger partial charge in [0, 0.05) is 17.3 Å². The van der Waals surface area contributed by atoms with Crippen molar-refractivity contribution in [3.8, 4) is 11.3 Å². The van der Waals surface area contributed by atoms with Crippen molar-refractivity contribution in [2.75, 3.05) is 5.32 Å². The molecule has 0 aliphatic carbocycles. The maximum absolute atomic E-state index is 6.50. The molecule has 0 unspecified atom stereocenters. The predicted molar refractivity (Wildman–Crippen MR) is 112 cm³/mol. The van der Waals surface area contributed by atoms with E-state index >= 15 is 0 Å². The van der Waals surface area contributed by atoms with Gasteiger partial charge in [-0.3, -0.25) is 4.40 Å². The molecule has 138 valence electrons. The molecule has 3 aromatic rings. The molecule has 0 saturated carbocycles. The Morgan fingerprint density at radius 1 is 1.04 bits per heavy atom. The summed E-state index contributed by atoms with van der Waals surface area (Å²) in [7, 11) is 0. The molecule has 0 aliphatic rings. The Labute approximate surface area is 161 Å². The molecule has 0 aliphatic heterocycles.